The van der Waals surface area contributed by atoms with Crippen molar-refractivity contribution in [1.82, 2.24) is 0 Å². The Labute approximate surface area is 624 Å². The first-order chi connectivity index (χ1) is 49.4. The molecule has 0 aromatic carbocycles. The maximum absolute atomic E-state index is 13.1. The summed E-state index contributed by atoms with van der Waals surface area (Å²) in [6, 6.07) is 0. The Hall–Kier alpha value is -2.46. The van der Waals surface area contributed by atoms with Crippen LogP contribution in [0.1, 0.15) is 414 Å². The Morgan fingerprint density at radius 3 is 0.882 bits per heavy atom. The molecular weight excluding hydrogens is 1330 g/mol. The number of carbonyl (C=O) groups is 4. The second-order valence-electron chi connectivity index (χ2n) is 29.9. The van der Waals surface area contributed by atoms with Gasteiger partial charge < -0.3 is 33.8 Å². The maximum Gasteiger partial charge on any atom is 0.472 e. The van der Waals surface area contributed by atoms with E-state index in [9.17, 15) is 43.2 Å². The molecule has 0 saturated heterocycles. The molecule has 3 N–H and O–H groups in total. The van der Waals surface area contributed by atoms with Crippen molar-refractivity contribution in [2.24, 2.45) is 11.8 Å². The molecule has 0 rings (SSSR count). The van der Waals surface area contributed by atoms with E-state index in [4.69, 9.17) is 37.0 Å². The van der Waals surface area contributed by atoms with Gasteiger partial charge in [-0.3, -0.25) is 37.3 Å². The predicted molar refractivity (Wildman–Crippen MR) is 418 cm³/mol. The summed E-state index contributed by atoms with van der Waals surface area (Å²) in [5, 5.41) is 10.6. The van der Waals surface area contributed by atoms with Gasteiger partial charge in [-0.25, -0.2) is 9.13 Å². The molecule has 0 aliphatic rings. The minimum atomic E-state index is -4.97. The molecule has 0 saturated carbocycles. The first kappa shape index (κ1) is 99.5. The van der Waals surface area contributed by atoms with E-state index in [0.29, 0.717) is 25.7 Å². The van der Waals surface area contributed by atoms with E-state index >= 15 is 0 Å². The fourth-order valence-electron chi connectivity index (χ4n) is 12.3. The number of esters is 4. The first-order valence-corrected chi connectivity index (χ1v) is 45.3. The number of carbonyl (C=O) groups excluding carboxylic acids is 4. The van der Waals surface area contributed by atoms with Crippen molar-refractivity contribution < 1.29 is 80.2 Å². The van der Waals surface area contributed by atoms with Crippen molar-refractivity contribution in [2.45, 2.75) is 432 Å². The summed E-state index contributed by atoms with van der Waals surface area (Å²) in [5.74, 6) is -0.613. The van der Waals surface area contributed by atoms with Gasteiger partial charge in [0.25, 0.3) is 0 Å². The number of aliphatic hydroxyl groups is 1. The standard InChI is InChI=1S/C83H158O17P2/c1-7-10-12-14-16-18-20-22-24-25-26-27-28-30-36-40-44-48-56-62-67-82(87)99-78(71-93-80(85)65-59-53-46-42-38-34-32-31-33-37-41-45-51-57-63-75(4)5)73-97-101(89,90)95-69-77(84)70-96-102(91,92)98-74-79(72-94-81(86)66-60-54-50-49-52-58-64-76(6)9-3)100-83(88)68-61-55-47-43-39-35-29-23-21-19-17-15-13-11-8-2/h19,21,23,29,75-79,84H,7-18,20,22,24-28,30-74H2,1-6H3,(H,89,90)(H,91,92)/b21-19-,29-23-/t76?,77-,78-,79-/m1/s1. The van der Waals surface area contributed by atoms with E-state index < -0.39 is 97.5 Å². The molecule has 102 heavy (non-hydrogen) atoms. The molecule has 0 bridgehead atoms. The van der Waals surface area contributed by atoms with Crippen LogP contribution in [-0.2, 0) is 65.4 Å². The zero-order valence-electron chi connectivity index (χ0n) is 66.4. The van der Waals surface area contributed by atoms with Crippen LogP contribution >= 0.6 is 15.6 Å². The van der Waals surface area contributed by atoms with Crippen LogP contribution in [0.4, 0.5) is 0 Å². The topological polar surface area (TPSA) is 237 Å². The van der Waals surface area contributed by atoms with Crippen LogP contribution in [0, 0.1) is 11.8 Å². The third-order valence-corrected chi connectivity index (χ3v) is 21.1. The number of hydrogen-bond acceptors (Lipinski definition) is 15. The molecule has 0 spiro atoms. The average molecular weight is 1490 g/mol. The molecule has 0 fully saturated rings. The Balaban J connectivity index is 5.27. The summed E-state index contributed by atoms with van der Waals surface area (Å²) >= 11 is 0. The highest BCUT2D eigenvalue weighted by Crippen LogP contribution is 2.45. The van der Waals surface area contributed by atoms with E-state index in [0.717, 1.165) is 121 Å². The fourth-order valence-corrected chi connectivity index (χ4v) is 13.9. The van der Waals surface area contributed by atoms with Crippen LogP contribution in [0.15, 0.2) is 24.3 Å². The lowest BCUT2D eigenvalue weighted by Crippen LogP contribution is -2.30. The monoisotopic (exact) mass is 1490 g/mol. The number of phosphoric acid groups is 2. The third kappa shape index (κ3) is 74.4. The third-order valence-electron chi connectivity index (χ3n) is 19.2. The van der Waals surface area contributed by atoms with Gasteiger partial charge in [0.1, 0.15) is 19.3 Å². The molecule has 0 aromatic rings. The minimum Gasteiger partial charge on any atom is -0.462 e. The quantitative estimate of drug-likeness (QED) is 0.0169. The normalized spacial score (nSPS) is 14.3. The smallest absolute Gasteiger partial charge is 0.462 e. The molecule has 6 atom stereocenters. The molecule has 602 valence electrons. The second kappa shape index (κ2) is 74.0. The number of hydrogen-bond donors (Lipinski definition) is 3. The highest BCUT2D eigenvalue weighted by molar-refractivity contribution is 7.47. The van der Waals surface area contributed by atoms with Gasteiger partial charge in [0.15, 0.2) is 12.2 Å². The zero-order valence-corrected chi connectivity index (χ0v) is 68.2. The van der Waals surface area contributed by atoms with Crippen LogP contribution in [0.3, 0.4) is 0 Å². The summed E-state index contributed by atoms with van der Waals surface area (Å²) in [6.07, 6.45) is 67.5. The van der Waals surface area contributed by atoms with Gasteiger partial charge in [0.05, 0.1) is 26.4 Å². The highest BCUT2D eigenvalue weighted by Gasteiger charge is 2.30. The highest BCUT2D eigenvalue weighted by atomic mass is 31.2. The van der Waals surface area contributed by atoms with Crippen molar-refractivity contribution in [3.8, 4) is 0 Å². The Kier molecular flexibility index (Phi) is 72.2. The summed E-state index contributed by atoms with van der Waals surface area (Å²) < 4.78 is 68.7. The minimum absolute atomic E-state index is 0.0843. The molecule has 3 unspecified atom stereocenters. The molecule has 0 amide bonds. The fraction of sp³-hybridized carbons (Fsp3) is 0.904. The van der Waals surface area contributed by atoms with Gasteiger partial charge in [-0.15, -0.1) is 0 Å². The first-order valence-electron chi connectivity index (χ1n) is 42.3. The summed E-state index contributed by atoms with van der Waals surface area (Å²) in [5.41, 5.74) is 0. The van der Waals surface area contributed by atoms with Crippen LogP contribution in [0.25, 0.3) is 0 Å². The van der Waals surface area contributed by atoms with Gasteiger partial charge in [-0.05, 0) is 63.2 Å². The second-order valence-corrected chi connectivity index (χ2v) is 32.8. The molecule has 0 aromatic heterocycles. The zero-order chi connectivity index (χ0) is 74.9. The molecular formula is C83H158O17P2. The van der Waals surface area contributed by atoms with E-state index in [-0.39, 0.29) is 25.7 Å². The SMILES string of the molecule is CCCCCC/C=C\C=C/CCCCCCCC(=O)O[C@H](COC(=O)CCCCCCCCC(C)CC)COP(=O)(O)OC[C@H](O)COP(=O)(O)OC[C@@H](COC(=O)CCCCCCCCCCCCCCCCC(C)C)OC(=O)CCCCCCCCCCCCCCCCCCCCCC. The lowest BCUT2D eigenvalue weighted by Gasteiger charge is -2.21. The van der Waals surface area contributed by atoms with E-state index in [1.807, 2.05) is 0 Å². The molecule has 0 aliphatic carbocycles. The van der Waals surface area contributed by atoms with Crippen LogP contribution in [0.2, 0.25) is 0 Å². The Morgan fingerprint density at radius 2 is 0.578 bits per heavy atom. The maximum atomic E-state index is 13.1. The number of ether oxygens (including phenoxy) is 4. The van der Waals surface area contributed by atoms with Gasteiger partial charge >= 0.3 is 39.5 Å². The van der Waals surface area contributed by atoms with Crippen LogP contribution < -0.4 is 0 Å². The molecule has 17 nitrogen and oxygen atoms in total. The van der Waals surface area contributed by atoms with Crippen LogP contribution in [0.5, 0.6) is 0 Å². The number of allylic oxidation sites excluding steroid dienone is 4. The molecule has 0 aliphatic heterocycles. The van der Waals surface area contributed by atoms with Gasteiger partial charge in [0.2, 0.25) is 0 Å². The van der Waals surface area contributed by atoms with Crippen LogP contribution in [-0.4, -0.2) is 96.7 Å². The van der Waals surface area contributed by atoms with E-state index in [1.54, 1.807) is 0 Å². The summed E-state index contributed by atoms with van der Waals surface area (Å²) in [6.45, 7) is 9.56. The van der Waals surface area contributed by atoms with Crippen molar-refractivity contribution in [3.05, 3.63) is 24.3 Å². The van der Waals surface area contributed by atoms with E-state index in [1.165, 1.54) is 212 Å². The van der Waals surface area contributed by atoms with Gasteiger partial charge in [-0.1, -0.05) is 361 Å². The van der Waals surface area contributed by atoms with E-state index in [2.05, 4.69) is 65.8 Å². The Bertz CT molecular complexity index is 2060. The predicted octanol–water partition coefficient (Wildman–Crippen LogP) is 24.6. The lowest BCUT2D eigenvalue weighted by atomic mass is 10.00. The van der Waals surface area contributed by atoms with Gasteiger partial charge in [-0.2, -0.15) is 0 Å². The van der Waals surface area contributed by atoms with Crippen molar-refractivity contribution in [2.75, 3.05) is 39.6 Å². The molecule has 19 heteroatoms. The number of rotatable bonds is 80. The summed E-state index contributed by atoms with van der Waals surface area (Å²) in [4.78, 5) is 73.1. The largest absolute Gasteiger partial charge is 0.472 e. The number of phosphoric ester groups is 2. The van der Waals surface area contributed by atoms with Gasteiger partial charge in [0, 0.05) is 25.7 Å². The van der Waals surface area contributed by atoms with Crippen molar-refractivity contribution in [1.29, 1.82) is 0 Å². The van der Waals surface area contributed by atoms with Crippen molar-refractivity contribution in [3.63, 3.8) is 0 Å². The lowest BCUT2D eigenvalue weighted by molar-refractivity contribution is -0.161. The molecule has 0 heterocycles. The number of aliphatic hydroxyl groups excluding tert-OH is 1. The Morgan fingerprint density at radius 1 is 0.324 bits per heavy atom. The average Bonchev–Trinajstić information content (AvgIpc) is 0.916. The molecule has 0 radical (unpaired) electrons. The van der Waals surface area contributed by atoms with Crippen molar-refractivity contribution >= 4 is 39.5 Å². The summed E-state index contributed by atoms with van der Waals surface area (Å²) in [7, 11) is -9.94. The number of unbranched alkanes of at least 4 members (excludes halogenated alkanes) is 46.